The maximum atomic E-state index is 14.2. The summed E-state index contributed by atoms with van der Waals surface area (Å²) in [5, 5.41) is 3.56. The van der Waals surface area contributed by atoms with Crippen LogP contribution in [0.3, 0.4) is 0 Å². The predicted molar refractivity (Wildman–Crippen MR) is 79.3 cm³/mol. The first-order valence-corrected chi connectivity index (χ1v) is 7.31. The number of benzene rings is 1. The molecule has 4 nitrogen and oxygen atoms in total. The average molecular weight is 289 g/mol. The lowest BCUT2D eigenvalue weighted by atomic mass is 9.97. The summed E-state index contributed by atoms with van der Waals surface area (Å²) >= 11 is 0. The minimum Gasteiger partial charge on any atom is -0.497 e. The number of imidazole rings is 1. The van der Waals surface area contributed by atoms with Crippen molar-refractivity contribution in [3.8, 4) is 11.4 Å². The number of halogens is 1. The van der Waals surface area contributed by atoms with Gasteiger partial charge in [0, 0.05) is 18.2 Å². The van der Waals surface area contributed by atoms with E-state index in [0.29, 0.717) is 17.5 Å². The molecule has 3 rings (SSSR count). The van der Waals surface area contributed by atoms with E-state index in [1.165, 1.54) is 18.9 Å². The summed E-state index contributed by atoms with van der Waals surface area (Å²) in [5.41, 5.74) is 1.47. The molecule has 112 valence electrons. The van der Waals surface area contributed by atoms with Crippen LogP contribution in [0.25, 0.3) is 5.69 Å². The van der Waals surface area contributed by atoms with Crippen molar-refractivity contribution < 1.29 is 9.13 Å². The van der Waals surface area contributed by atoms with Crippen LogP contribution in [0.5, 0.6) is 5.75 Å². The van der Waals surface area contributed by atoms with E-state index in [0.717, 1.165) is 12.1 Å². The maximum absolute atomic E-state index is 14.2. The van der Waals surface area contributed by atoms with Crippen LogP contribution in [0, 0.1) is 5.82 Å². The molecule has 2 heterocycles. The van der Waals surface area contributed by atoms with Crippen LogP contribution in [0.1, 0.15) is 37.9 Å². The highest BCUT2D eigenvalue weighted by molar-refractivity contribution is 5.42. The third-order valence-corrected chi connectivity index (χ3v) is 4.05. The summed E-state index contributed by atoms with van der Waals surface area (Å²) < 4.78 is 21.2. The van der Waals surface area contributed by atoms with Crippen molar-refractivity contribution >= 4 is 0 Å². The normalized spacial score (nSPS) is 22.2. The molecule has 1 aliphatic rings. The summed E-state index contributed by atoms with van der Waals surface area (Å²) in [5.74, 6) is 0.356. The van der Waals surface area contributed by atoms with Gasteiger partial charge in [0.2, 0.25) is 0 Å². The molecular weight excluding hydrogens is 269 g/mol. The smallest absolute Gasteiger partial charge is 0.147 e. The van der Waals surface area contributed by atoms with E-state index in [1.54, 1.807) is 25.6 Å². The van der Waals surface area contributed by atoms with Crippen LogP contribution in [-0.2, 0) is 0 Å². The highest BCUT2D eigenvalue weighted by Crippen LogP contribution is 2.29. The highest BCUT2D eigenvalue weighted by Gasteiger charge is 2.23. The van der Waals surface area contributed by atoms with Crippen LogP contribution in [0.2, 0.25) is 0 Å². The van der Waals surface area contributed by atoms with Crippen LogP contribution in [0.15, 0.2) is 30.7 Å². The Balaban J connectivity index is 1.98. The highest BCUT2D eigenvalue weighted by atomic mass is 19.1. The zero-order chi connectivity index (χ0) is 14.8. The van der Waals surface area contributed by atoms with E-state index in [2.05, 4.69) is 17.2 Å². The number of ether oxygens (including phenoxy) is 1. The van der Waals surface area contributed by atoms with E-state index < -0.39 is 0 Å². The number of nitrogens with one attached hydrogen (secondary N) is 1. The second-order valence-electron chi connectivity index (χ2n) is 5.56. The Morgan fingerprint density at radius 2 is 2.24 bits per heavy atom. The Kier molecular flexibility index (Phi) is 3.92. The molecule has 0 radical (unpaired) electrons. The quantitative estimate of drug-likeness (QED) is 0.943. The van der Waals surface area contributed by atoms with Gasteiger partial charge in [-0.2, -0.15) is 0 Å². The Hall–Kier alpha value is -1.88. The van der Waals surface area contributed by atoms with E-state index in [-0.39, 0.29) is 11.9 Å². The van der Waals surface area contributed by atoms with Crippen molar-refractivity contribution in [2.45, 2.75) is 38.3 Å². The standard InChI is InChI=1S/C16H20FN3O/c1-11-4-3-5-14(19-11)16-9-18-10-20(16)15-8-12(21-2)6-7-13(15)17/h6-11,14,19H,3-5H2,1-2H3. The molecule has 0 bridgehead atoms. The van der Waals surface area contributed by atoms with Crippen LogP contribution in [0.4, 0.5) is 4.39 Å². The zero-order valence-corrected chi connectivity index (χ0v) is 12.3. The summed E-state index contributed by atoms with van der Waals surface area (Å²) in [6.07, 6.45) is 6.87. The number of aromatic nitrogens is 2. The number of rotatable bonds is 3. The van der Waals surface area contributed by atoms with E-state index in [9.17, 15) is 4.39 Å². The van der Waals surface area contributed by atoms with Gasteiger partial charge in [-0.3, -0.25) is 4.57 Å². The van der Waals surface area contributed by atoms with Gasteiger partial charge >= 0.3 is 0 Å². The largest absolute Gasteiger partial charge is 0.497 e. The lowest BCUT2D eigenvalue weighted by molar-refractivity contribution is 0.333. The number of nitrogens with zero attached hydrogens (tertiary/aromatic N) is 2. The van der Waals surface area contributed by atoms with Gasteiger partial charge in [0.05, 0.1) is 31.0 Å². The van der Waals surface area contributed by atoms with Gasteiger partial charge in [-0.25, -0.2) is 9.37 Å². The first-order chi connectivity index (χ1) is 10.2. The Morgan fingerprint density at radius 3 is 3.00 bits per heavy atom. The molecule has 1 aromatic heterocycles. The first kappa shape index (κ1) is 14.1. The second kappa shape index (κ2) is 5.85. The van der Waals surface area contributed by atoms with Crippen molar-refractivity contribution in [1.29, 1.82) is 0 Å². The predicted octanol–water partition coefficient (Wildman–Crippen LogP) is 3.22. The average Bonchev–Trinajstić information content (AvgIpc) is 2.97. The second-order valence-corrected chi connectivity index (χ2v) is 5.56. The Bertz CT molecular complexity index is 626. The molecule has 0 amide bonds. The van der Waals surface area contributed by atoms with Gasteiger partial charge in [0.25, 0.3) is 0 Å². The minimum absolute atomic E-state index is 0.210. The van der Waals surface area contributed by atoms with Crippen molar-refractivity contribution in [2.24, 2.45) is 0 Å². The first-order valence-electron chi connectivity index (χ1n) is 7.31. The number of hydrogen-bond donors (Lipinski definition) is 1. The molecule has 2 aromatic rings. The lowest BCUT2D eigenvalue weighted by Crippen LogP contribution is -2.35. The molecule has 1 N–H and O–H groups in total. The van der Waals surface area contributed by atoms with Gasteiger partial charge < -0.3 is 10.1 Å². The van der Waals surface area contributed by atoms with Gasteiger partial charge in [0.1, 0.15) is 11.6 Å². The summed E-state index contributed by atoms with van der Waals surface area (Å²) in [6.45, 7) is 2.18. The molecule has 2 unspecified atom stereocenters. The molecule has 0 aliphatic carbocycles. The van der Waals surface area contributed by atoms with Crippen LogP contribution in [-0.4, -0.2) is 22.7 Å². The van der Waals surface area contributed by atoms with Crippen molar-refractivity contribution in [3.05, 3.63) is 42.2 Å². The molecule has 2 atom stereocenters. The number of hydrogen-bond acceptors (Lipinski definition) is 3. The summed E-state index contributed by atoms with van der Waals surface area (Å²) in [7, 11) is 1.58. The monoisotopic (exact) mass is 289 g/mol. The SMILES string of the molecule is COc1ccc(F)c(-n2cncc2C2CCCC(C)N2)c1. The van der Waals surface area contributed by atoms with E-state index in [4.69, 9.17) is 4.74 Å². The molecule has 1 aromatic carbocycles. The lowest BCUT2D eigenvalue weighted by Gasteiger charge is -2.29. The maximum Gasteiger partial charge on any atom is 0.147 e. The van der Waals surface area contributed by atoms with Crippen LogP contribution < -0.4 is 10.1 Å². The van der Waals surface area contributed by atoms with Gasteiger partial charge in [-0.05, 0) is 38.3 Å². The summed E-state index contributed by atoms with van der Waals surface area (Å²) in [4.78, 5) is 4.21. The van der Waals surface area contributed by atoms with Crippen molar-refractivity contribution in [1.82, 2.24) is 14.9 Å². The molecule has 1 aliphatic heterocycles. The third kappa shape index (κ3) is 2.78. The molecule has 5 heteroatoms. The van der Waals surface area contributed by atoms with Gasteiger partial charge in [-0.1, -0.05) is 0 Å². The zero-order valence-electron chi connectivity index (χ0n) is 12.3. The van der Waals surface area contributed by atoms with Gasteiger partial charge in [-0.15, -0.1) is 0 Å². The fourth-order valence-electron chi connectivity index (χ4n) is 2.94. The summed E-state index contributed by atoms with van der Waals surface area (Å²) in [6, 6.07) is 5.43. The Labute approximate surface area is 124 Å². The molecule has 1 fully saturated rings. The fourth-order valence-corrected chi connectivity index (χ4v) is 2.94. The van der Waals surface area contributed by atoms with Crippen LogP contribution >= 0.6 is 0 Å². The molecule has 1 saturated heterocycles. The minimum atomic E-state index is -0.279. The molecule has 0 saturated carbocycles. The molecular formula is C16H20FN3O. The molecule has 21 heavy (non-hydrogen) atoms. The van der Waals surface area contributed by atoms with Gasteiger partial charge in [0.15, 0.2) is 0 Å². The molecule has 0 spiro atoms. The van der Waals surface area contributed by atoms with E-state index >= 15 is 0 Å². The number of piperidine rings is 1. The van der Waals surface area contributed by atoms with E-state index in [1.807, 2.05) is 10.8 Å². The Morgan fingerprint density at radius 1 is 1.38 bits per heavy atom. The van der Waals surface area contributed by atoms with Crippen molar-refractivity contribution in [2.75, 3.05) is 7.11 Å². The number of methoxy groups -OCH3 is 1. The third-order valence-electron chi connectivity index (χ3n) is 4.05. The topological polar surface area (TPSA) is 39.1 Å². The van der Waals surface area contributed by atoms with Crippen molar-refractivity contribution in [3.63, 3.8) is 0 Å². The fraction of sp³-hybridized carbons (Fsp3) is 0.438.